The minimum Gasteiger partial charge on any atom is -0.549 e. The van der Waals surface area contributed by atoms with Crippen LogP contribution in [-0.4, -0.2) is 143 Å². The number of hydrogen-bond acceptors (Lipinski definition) is 13. The molecule has 0 amide bonds. The van der Waals surface area contributed by atoms with Gasteiger partial charge in [0.1, 0.15) is 5.75 Å². The number of hydrogen-bond donors (Lipinski definition) is 4. The molecule has 0 bridgehead atoms. The minimum absolute atomic E-state index is 0.112. The fraction of sp³-hybridized carbons (Fsp3) is 0.485. The number of anilines is 1. The molecule has 2 aromatic carbocycles. The second kappa shape index (κ2) is 20.2. The van der Waals surface area contributed by atoms with Gasteiger partial charge < -0.3 is 50.5 Å². The second-order valence-corrected chi connectivity index (χ2v) is 12.4. The van der Waals surface area contributed by atoms with Gasteiger partial charge in [-0.15, -0.1) is 0 Å². The summed E-state index contributed by atoms with van der Waals surface area (Å²) in [5, 5.41) is 60.5. The summed E-state index contributed by atoms with van der Waals surface area (Å²) >= 11 is 5.43. The molecule has 3 rings (SSSR count). The number of carboxylic acid groups (broad SMARTS) is 4. The van der Waals surface area contributed by atoms with Crippen LogP contribution < -0.4 is 26.0 Å². The monoisotopic (exact) mass is 699 g/mol. The molecule has 1 aliphatic heterocycles. The average Bonchev–Trinajstić information content (AvgIpc) is 3.02. The molecule has 0 saturated carbocycles. The molecule has 49 heavy (non-hydrogen) atoms. The Morgan fingerprint density at radius 1 is 0.735 bits per heavy atom. The third-order valence-electron chi connectivity index (χ3n) is 8.10. The molecule has 16 heteroatoms. The highest BCUT2D eigenvalue weighted by Gasteiger charge is 2.25. The maximum atomic E-state index is 11.8. The molecule has 15 nitrogen and oxygen atoms in total. The summed E-state index contributed by atoms with van der Waals surface area (Å²) in [6.07, 6.45) is 1.96. The number of carboxylic acids is 4. The van der Waals surface area contributed by atoms with Gasteiger partial charge in [0, 0.05) is 83.7 Å². The van der Waals surface area contributed by atoms with Crippen LogP contribution in [-0.2, 0) is 32.0 Å². The number of aliphatic carboxylic acids is 4. The Morgan fingerprint density at radius 2 is 1.27 bits per heavy atom. The summed E-state index contributed by atoms with van der Waals surface area (Å²) in [6.45, 7) is 0.0444. The third kappa shape index (κ3) is 15.6. The third-order valence-corrected chi connectivity index (χ3v) is 8.34. The normalized spacial score (nSPS) is 17.3. The summed E-state index contributed by atoms with van der Waals surface area (Å²) in [6, 6.07) is 13.8. The highest BCUT2D eigenvalue weighted by molar-refractivity contribution is 7.80. The SMILES string of the molecule is O=C([O-])CN1CCN(CC(=O)O)CCN(CC(=O)[O-])CC(Cc2ccc(NC(=S)NCCCc3ccc(O)cc3)cc2)N(CC(=O)[O-])CC1. The van der Waals surface area contributed by atoms with Gasteiger partial charge in [0.25, 0.3) is 0 Å². The van der Waals surface area contributed by atoms with Gasteiger partial charge in [-0.1, -0.05) is 24.3 Å². The van der Waals surface area contributed by atoms with Crippen LogP contribution in [0.4, 0.5) is 5.69 Å². The molecule has 1 atom stereocenters. The van der Waals surface area contributed by atoms with Gasteiger partial charge in [0.05, 0.1) is 24.5 Å². The van der Waals surface area contributed by atoms with Crippen LogP contribution in [0.5, 0.6) is 5.75 Å². The van der Waals surface area contributed by atoms with Crippen molar-refractivity contribution < 1.29 is 44.7 Å². The number of benzene rings is 2. The fourth-order valence-electron chi connectivity index (χ4n) is 5.66. The van der Waals surface area contributed by atoms with E-state index in [4.69, 9.17) is 12.2 Å². The Kier molecular flexibility index (Phi) is 16.1. The number of aryl methyl sites for hydroxylation is 1. The lowest BCUT2D eigenvalue weighted by Gasteiger charge is -2.39. The lowest BCUT2D eigenvalue weighted by atomic mass is 10.0. The number of phenolic OH excluding ortho intramolecular Hbond substituents is 1. The van der Waals surface area contributed by atoms with Crippen molar-refractivity contribution in [3.63, 3.8) is 0 Å². The highest BCUT2D eigenvalue weighted by Crippen LogP contribution is 2.16. The van der Waals surface area contributed by atoms with E-state index in [0.717, 1.165) is 29.7 Å². The summed E-state index contributed by atoms with van der Waals surface area (Å²) in [7, 11) is 0. The Labute approximate surface area is 290 Å². The second-order valence-electron chi connectivity index (χ2n) is 12.0. The van der Waals surface area contributed by atoms with Crippen LogP contribution in [0.15, 0.2) is 48.5 Å². The first-order chi connectivity index (χ1) is 23.4. The summed E-state index contributed by atoms with van der Waals surface area (Å²) in [5.41, 5.74) is 2.65. The number of nitrogens with zero attached hydrogens (tertiary/aromatic N) is 4. The molecule has 0 radical (unpaired) electrons. The van der Waals surface area contributed by atoms with Gasteiger partial charge in [0.15, 0.2) is 5.11 Å². The molecular weight excluding hydrogens is 656 g/mol. The fourth-order valence-corrected chi connectivity index (χ4v) is 5.88. The summed E-state index contributed by atoms with van der Waals surface area (Å²) in [4.78, 5) is 52.9. The van der Waals surface area contributed by atoms with E-state index in [-0.39, 0.29) is 58.1 Å². The lowest BCUT2D eigenvalue weighted by Crippen LogP contribution is -2.55. The van der Waals surface area contributed by atoms with Gasteiger partial charge in [-0.3, -0.25) is 24.4 Å². The Bertz CT molecular complexity index is 1400. The van der Waals surface area contributed by atoms with Crippen molar-refractivity contribution in [2.45, 2.75) is 25.3 Å². The van der Waals surface area contributed by atoms with Crippen LogP contribution >= 0.6 is 12.2 Å². The van der Waals surface area contributed by atoms with Crippen LogP contribution in [0.3, 0.4) is 0 Å². The maximum Gasteiger partial charge on any atom is 0.317 e. The van der Waals surface area contributed by atoms with E-state index >= 15 is 0 Å². The van der Waals surface area contributed by atoms with E-state index in [1.54, 1.807) is 31.7 Å². The molecule has 0 spiro atoms. The number of nitrogens with one attached hydrogen (secondary N) is 2. The number of aromatic hydroxyl groups is 1. The van der Waals surface area contributed by atoms with Crippen molar-refractivity contribution >= 4 is 46.9 Å². The number of carbonyl (C=O) groups is 4. The van der Waals surface area contributed by atoms with E-state index in [0.29, 0.717) is 18.1 Å². The Morgan fingerprint density at radius 3 is 1.86 bits per heavy atom. The molecule has 1 heterocycles. The first-order valence-corrected chi connectivity index (χ1v) is 16.4. The molecule has 268 valence electrons. The number of rotatable bonds is 15. The van der Waals surface area contributed by atoms with Crippen LogP contribution in [0.1, 0.15) is 17.5 Å². The van der Waals surface area contributed by atoms with Gasteiger partial charge in [-0.25, -0.2) is 0 Å². The zero-order chi connectivity index (χ0) is 35.8. The van der Waals surface area contributed by atoms with Crippen molar-refractivity contribution in [3.8, 4) is 5.75 Å². The summed E-state index contributed by atoms with van der Waals surface area (Å²) in [5.74, 6) is -4.85. The molecule has 4 N–H and O–H groups in total. The van der Waals surface area contributed by atoms with E-state index < -0.39 is 49.6 Å². The number of carbonyl (C=O) groups excluding carboxylic acids is 3. The molecule has 2 aromatic rings. The molecule has 1 saturated heterocycles. The van der Waals surface area contributed by atoms with Crippen LogP contribution in [0.25, 0.3) is 0 Å². The lowest BCUT2D eigenvalue weighted by molar-refractivity contribution is -0.309. The Hall–Kier alpha value is -4.35. The smallest absolute Gasteiger partial charge is 0.317 e. The quantitative estimate of drug-likeness (QED) is 0.106. The predicted octanol–water partition coefficient (Wildman–Crippen LogP) is -3.22. The largest absolute Gasteiger partial charge is 0.549 e. The van der Waals surface area contributed by atoms with Crippen molar-refractivity contribution in [1.29, 1.82) is 0 Å². The van der Waals surface area contributed by atoms with E-state index in [2.05, 4.69) is 10.6 Å². The number of phenols is 1. The zero-order valence-electron chi connectivity index (χ0n) is 27.3. The van der Waals surface area contributed by atoms with Crippen molar-refractivity contribution in [2.24, 2.45) is 0 Å². The molecule has 1 fully saturated rings. The molecule has 1 aliphatic rings. The molecule has 1 unspecified atom stereocenters. The molecular formula is C33H43N6O9S-3. The van der Waals surface area contributed by atoms with Crippen molar-refractivity contribution in [3.05, 3.63) is 59.7 Å². The van der Waals surface area contributed by atoms with E-state index in [1.165, 1.54) is 0 Å². The predicted molar refractivity (Wildman–Crippen MR) is 178 cm³/mol. The summed E-state index contributed by atoms with van der Waals surface area (Å²) < 4.78 is 0. The average molecular weight is 700 g/mol. The van der Waals surface area contributed by atoms with Crippen molar-refractivity contribution in [1.82, 2.24) is 24.9 Å². The van der Waals surface area contributed by atoms with Gasteiger partial charge >= 0.3 is 5.97 Å². The van der Waals surface area contributed by atoms with Crippen LogP contribution in [0.2, 0.25) is 0 Å². The maximum absolute atomic E-state index is 11.8. The standard InChI is InChI=1S/C33H46N6O9S/c40-28-9-5-24(6-10-28)2-1-11-34-33(49)35-26-7-3-25(4-8-26)18-27-19-38(22-31(45)46)15-14-36(20-29(41)42)12-13-37(21-30(43)44)16-17-39(27)23-32(47)48/h3-10,27,40H,1-2,11-23H2,(H,41,42)(H,43,44)(H,45,46)(H,47,48)(H2,34,35,49)/p-3. The van der Waals surface area contributed by atoms with Gasteiger partial charge in [-0.05, 0) is 66.9 Å². The van der Waals surface area contributed by atoms with E-state index in [1.807, 2.05) is 36.4 Å². The van der Waals surface area contributed by atoms with E-state index in [9.17, 15) is 44.7 Å². The first-order valence-electron chi connectivity index (χ1n) is 16.0. The molecule has 0 aliphatic carbocycles. The van der Waals surface area contributed by atoms with Gasteiger partial charge in [0.2, 0.25) is 0 Å². The van der Waals surface area contributed by atoms with Crippen molar-refractivity contribution in [2.75, 3.05) is 83.9 Å². The van der Waals surface area contributed by atoms with Gasteiger partial charge in [-0.2, -0.15) is 0 Å². The minimum atomic E-state index is -1.34. The van der Waals surface area contributed by atoms with Crippen LogP contribution in [0, 0.1) is 0 Å². The number of thiocarbonyl (C=S) groups is 1. The highest BCUT2D eigenvalue weighted by atomic mass is 32.1. The topological polar surface area (TPSA) is 215 Å². The zero-order valence-corrected chi connectivity index (χ0v) is 28.1. The molecule has 0 aromatic heterocycles. The first kappa shape index (κ1) is 39.1. The Balaban J connectivity index is 1.72.